The smallest absolute Gasteiger partial charge is 0.321 e. The second-order valence-corrected chi connectivity index (χ2v) is 6.66. The van der Waals surface area contributed by atoms with E-state index < -0.39 is 22.0 Å². The number of aliphatic hydroxyl groups excluding tert-OH is 1. The number of nitrogens with one attached hydrogen (secondary N) is 1. The maximum atomic E-state index is 11.8. The number of aliphatic carboxylic acids is 1. The van der Waals surface area contributed by atoms with Crippen LogP contribution in [0.4, 0.5) is 0 Å². The molecule has 118 valence electrons. The minimum atomic E-state index is -3.64. The summed E-state index contributed by atoms with van der Waals surface area (Å²) in [4.78, 5) is 10.8. The van der Waals surface area contributed by atoms with Crippen LogP contribution in [0.1, 0.15) is 24.8 Å². The molecule has 0 spiro atoms. The first kappa shape index (κ1) is 17.6. The standard InChI is InChI=1S/C14H21NO5S/c16-10-9-13(14(17)18)15-21(19,20)11-5-4-8-12-6-2-1-3-7-12/h1-3,6-7,13,15-16H,4-5,8-11H2,(H,17,18)/t13-/m0/s1. The number of aryl methyl sites for hydroxylation is 1. The summed E-state index contributed by atoms with van der Waals surface area (Å²) in [5.41, 5.74) is 1.14. The van der Waals surface area contributed by atoms with Crippen molar-refractivity contribution in [3.05, 3.63) is 35.9 Å². The lowest BCUT2D eigenvalue weighted by Crippen LogP contribution is -2.42. The highest BCUT2D eigenvalue weighted by molar-refractivity contribution is 7.89. The molecular formula is C14H21NO5S. The highest BCUT2D eigenvalue weighted by Gasteiger charge is 2.22. The molecule has 0 amide bonds. The van der Waals surface area contributed by atoms with E-state index in [0.717, 1.165) is 12.0 Å². The summed E-state index contributed by atoms with van der Waals surface area (Å²) in [6.45, 7) is -0.381. The number of benzene rings is 1. The van der Waals surface area contributed by atoms with Gasteiger partial charge in [-0.1, -0.05) is 30.3 Å². The topological polar surface area (TPSA) is 104 Å². The first-order valence-corrected chi connectivity index (χ1v) is 8.47. The molecule has 7 heteroatoms. The average Bonchev–Trinajstić information content (AvgIpc) is 2.44. The Morgan fingerprint density at radius 2 is 1.86 bits per heavy atom. The second-order valence-electron chi connectivity index (χ2n) is 4.78. The van der Waals surface area contributed by atoms with E-state index >= 15 is 0 Å². The lowest BCUT2D eigenvalue weighted by molar-refractivity contribution is -0.139. The lowest BCUT2D eigenvalue weighted by Gasteiger charge is -2.13. The normalized spacial score (nSPS) is 13.0. The van der Waals surface area contributed by atoms with Crippen molar-refractivity contribution in [2.24, 2.45) is 0 Å². The fourth-order valence-electron chi connectivity index (χ4n) is 1.90. The number of hydrogen-bond acceptors (Lipinski definition) is 4. The van der Waals surface area contributed by atoms with Gasteiger partial charge in [0.25, 0.3) is 0 Å². The molecule has 0 radical (unpaired) electrons. The van der Waals surface area contributed by atoms with Crippen molar-refractivity contribution in [2.45, 2.75) is 31.7 Å². The lowest BCUT2D eigenvalue weighted by atomic mass is 10.1. The summed E-state index contributed by atoms with van der Waals surface area (Å²) in [5, 5.41) is 17.6. The van der Waals surface area contributed by atoms with Crippen molar-refractivity contribution in [1.29, 1.82) is 0 Å². The summed E-state index contributed by atoms with van der Waals surface area (Å²) in [7, 11) is -3.64. The van der Waals surface area contributed by atoms with Gasteiger partial charge >= 0.3 is 5.97 Å². The molecule has 1 aromatic carbocycles. The van der Waals surface area contributed by atoms with E-state index in [1.165, 1.54) is 0 Å². The fraction of sp³-hybridized carbons (Fsp3) is 0.500. The Morgan fingerprint density at radius 1 is 1.19 bits per heavy atom. The Kier molecular flexibility index (Phi) is 7.35. The molecule has 0 aromatic heterocycles. The Bertz CT molecular complexity index is 530. The van der Waals surface area contributed by atoms with E-state index in [0.29, 0.717) is 12.8 Å². The van der Waals surface area contributed by atoms with Crippen LogP contribution >= 0.6 is 0 Å². The number of carbonyl (C=O) groups is 1. The Labute approximate surface area is 124 Å². The van der Waals surface area contributed by atoms with Crippen LogP contribution < -0.4 is 4.72 Å². The van der Waals surface area contributed by atoms with Gasteiger partial charge in [-0.25, -0.2) is 13.1 Å². The van der Waals surface area contributed by atoms with Crippen LogP contribution in [-0.4, -0.2) is 43.0 Å². The van der Waals surface area contributed by atoms with Crippen LogP contribution in [0.2, 0.25) is 0 Å². The number of hydrogen-bond donors (Lipinski definition) is 3. The molecule has 0 aliphatic rings. The third-order valence-electron chi connectivity index (χ3n) is 3.01. The van der Waals surface area contributed by atoms with Crippen LogP contribution in [0.3, 0.4) is 0 Å². The van der Waals surface area contributed by atoms with Gasteiger partial charge in [0.2, 0.25) is 10.0 Å². The highest BCUT2D eigenvalue weighted by atomic mass is 32.2. The van der Waals surface area contributed by atoms with Gasteiger partial charge in [0.1, 0.15) is 6.04 Å². The predicted molar refractivity (Wildman–Crippen MR) is 79.4 cm³/mol. The highest BCUT2D eigenvalue weighted by Crippen LogP contribution is 2.06. The van der Waals surface area contributed by atoms with E-state index in [1.54, 1.807) is 0 Å². The van der Waals surface area contributed by atoms with E-state index in [1.807, 2.05) is 30.3 Å². The van der Waals surface area contributed by atoms with Crippen molar-refractivity contribution in [2.75, 3.05) is 12.4 Å². The van der Waals surface area contributed by atoms with Crippen molar-refractivity contribution < 1.29 is 23.4 Å². The minimum absolute atomic E-state index is 0.116. The molecule has 0 saturated heterocycles. The summed E-state index contributed by atoms with van der Waals surface area (Å²) >= 11 is 0. The molecular weight excluding hydrogens is 294 g/mol. The molecule has 0 aliphatic heterocycles. The van der Waals surface area contributed by atoms with Crippen LogP contribution in [0, 0.1) is 0 Å². The molecule has 0 saturated carbocycles. The zero-order valence-corrected chi connectivity index (χ0v) is 12.6. The molecule has 6 nitrogen and oxygen atoms in total. The molecule has 21 heavy (non-hydrogen) atoms. The third kappa shape index (κ3) is 7.22. The molecule has 1 rings (SSSR count). The van der Waals surface area contributed by atoms with Crippen molar-refractivity contribution >= 4 is 16.0 Å². The number of unbranched alkanes of at least 4 members (excludes halogenated alkanes) is 1. The first-order chi connectivity index (χ1) is 9.94. The van der Waals surface area contributed by atoms with E-state index in [9.17, 15) is 13.2 Å². The maximum Gasteiger partial charge on any atom is 0.321 e. The van der Waals surface area contributed by atoms with Gasteiger partial charge in [0.05, 0.1) is 5.75 Å². The molecule has 3 N–H and O–H groups in total. The average molecular weight is 315 g/mol. The largest absolute Gasteiger partial charge is 0.480 e. The van der Waals surface area contributed by atoms with E-state index in [2.05, 4.69) is 4.72 Å². The number of carboxylic acids is 1. The van der Waals surface area contributed by atoms with Crippen LogP contribution in [0.15, 0.2) is 30.3 Å². The predicted octanol–water partition coefficient (Wildman–Crippen LogP) is 0.764. The van der Waals surface area contributed by atoms with Gasteiger partial charge in [-0.3, -0.25) is 4.79 Å². The molecule has 0 heterocycles. The molecule has 0 unspecified atom stereocenters. The minimum Gasteiger partial charge on any atom is -0.480 e. The number of aliphatic hydroxyl groups is 1. The molecule has 0 aliphatic carbocycles. The first-order valence-electron chi connectivity index (χ1n) is 6.82. The number of carboxylic acid groups (broad SMARTS) is 1. The van der Waals surface area contributed by atoms with Crippen molar-refractivity contribution in [1.82, 2.24) is 4.72 Å². The van der Waals surface area contributed by atoms with Crippen molar-refractivity contribution in [3.63, 3.8) is 0 Å². The van der Waals surface area contributed by atoms with E-state index in [4.69, 9.17) is 10.2 Å². The molecule has 0 bridgehead atoms. The molecule has 1 aromatic rings. The van der Waals surface area contributed by atoms with Crippen LogP contribution in [-0.2, 0) is 21.2 Å². The number of rotatable bonds is 10. The fourth-order valence-corrected chi connectivity index (χ4v) is 3.26. The third-order valence-corrected chi connectivity index (χ3v) is 4.48. The number of sulfonamides is 1. The zero-order valence-electron chi connectivity index (χ0n) is 11.7. The van der Waals surface area contributed by atoms with Crippen molar-refractivity contribution in [3.8, 4) is 0 Å². The van der Waals surface area contributed by atoms with E-state index in [-0.39, 0.29) is 18.8 Å². The Morgan fingerprint density at radius 3 is 2.43 bits per heavy atom. The maximum absolute atomic E-state index is 11.8. The summed E-state index contributed by atoms with van der Waals surface area (Å²) in [6.07, 6.45) is 1.81. The molecule has 0 fully saturated rings. The zero-order chi connectivity index (χ0) is 15.7. The quantitative estimate of drug-likeness (QED) is 0.553. The monoisotopic (exact) mass is 315 g/mol. The molecule has 1 atom stereocenters. The van der Waals surface area contributed by atoms with Gasteiger partial charge in [0, 0.05) is 6.61 Å². The second kappa shape index (κ2) is 8.76. The van der Waals surface area contributed by atoms with Gasteiger partial charge < -0.3 is 10.2 Å². The summed E-state index contributed by atoms with van der Waals surface area (Å²) < 4.78 is 25.7. The van der Waals surface area contributed by atoms with Crippen LogP contribution in [0.5, 0.6) is 0 Å². The summed E-state index contributed by atoms with van der Waals surface area (Å²) in [5.74, 6) is -1.40. The van der Waals surface area contributed by atoms with Crippen LogP contribution in [0.25, 0.3) is 0 Å². The van der Waals surface area contributed by atoms with Gasteiger partial charge in [-0.05, 0) is 31.2 Å². The SMILES string of the molecule is O=C(O)[C@H](CCO)NS(=O)(=O)CCCCc1ccccc1. The Balaban J connectivity index is 2.37. The van der Waals surface area contributed by atoms with Gasteiger partial charge in [0.15, 0.2) is 0 Å². The van der Waals surface area contributed by atoms with Gasteiger partial charge in [-0.2, -0.15) is 0 Å². The van der Waals surface area contributed by atoms with Gasteiger partial charge in [-0.15, -0.1) is 0 Å². The Hall–Kier alpha value is -1.44. The summed E-state index contributed by atoms with van der Waals surface area (Å²) in [6, 6.07) is 8.47.